The summed E-state index contributed by atoms with van der Waals surface area (Å²) in [6.07, 6.45) is 76.4. The van der Waals surface area contributed by atoms with Crippen LogP contribution >= 0.6 is 0 Å². The molecule has 0 N–H and O–H groups in total. The Morgan fingerprint density at radius 3 is 0.884 bits per heavy atom. The zero-order valence-corrected chi connectivity index (χ0v) is 44.8. The molecule has 0 amide bonds. The van der Waals surface area contributed by atoms with E-state index in [1.807, 2.05) is 0 Å². The lowest BCUT2D eigenvalue weighted by Crippen LogP contribution is -2.30. The maximum atomic E-state index is 12.9. The third-order valence-corrected chi connectivity index (χ3v) is 11.7. The van der Waals surface area contributed by atoms with Crippen LogP contribution in [0.15, 0.2) is 109 Å². The molecular formula is C63H104O6. The predicted octanol–water partition coefficient (Wildman–Crippen LogP) is 19.1. The van der Waals surface area contributed by atoms with Gasteiger partial charge >= 0.3 is 17.9 Å². The van der Waals surface area contributed by atoms with Gasteiger partial charge in [-0.05, 0) is 116 Å². The van der Waals surface area contributed by atoms with Crippen molar-refractivity contribution in [2.24, 2.45) is 0 Å². The fourth-order valence-electron chi connectivity index (χ4n) is 7.54. The fourth-order valence-corrected chi connectivity index (χ4v) is 7.54. The molecule has 0 aromatic carbocycles. The maximum Gasteiger partial charge on any atom is 0.306 e. The van der Waals surface area contributed by atoms with Crippen LogP contribution in [0.1, 0.15) is 252 Å². The van der Waals surface area contributed by atoms with Gasteiger partial charge in [-0.25, -0.2) is 0 Å². The first kappa shape index (κ1) is 65.1. The highest BCUT2D eigenvalue weighted by Gasteiger charge is 2.19. The summed E-state index contributed by atoms with van der Waals surface area (Å²) in [7, 11) is 0. The number of hydrogen-bond donors (Lipinski definition) is 0. The van der Waals surface area contributed by atoms with E-state index in [2.05, 4.69) is 130 Å². The second-order valence-corrected chi connectivity index (χ2v) is 18.4. The molecule has 69 heavy (non-hydrogen) atoms. The van der Waals surface area contributed by atoms with Crippen LogP contribution in [0, 0.1) is 0 Å². The molecule has 1 unspecified atom stereocenters. The van der Waals surface area contributed by atoms with Gasteiger partial charge in [0.15, 0.2) is 6.10 Å². The summed E-state index contributed by atoms with van der Waals surface area (Å²) < 4.78 is 16.8. The molecule has 0 aliphatic rings. The number of carbonyl (C=O) groups is 3. The zero-order valence-electron chi connectivity index (χ0n) is 44.8. The molecule has 392 valence electrons. The van der Waals surface area contributed by atoms with Gasteiger partial charge in [0.2, 0.25) is 0 Å². The van der Waals surface area contributed by atoms with E-state index in [9.17, 15) is 14.4 Å². The van der Waals surface area contributed by atoms with E-state index in [-0.39, 0.29) is 31.1 Å². The highest BCUT2D eigenvalue weighted by atomic mass is 16.6. The van der Waals surface area contributed by atoms with Crippen LogP contribution in [-0.4, -0.2) is 37.2 Å². The lowest BCUT2D eigenvalue weighted by molar-refractivity contribution is -0.167. The highest BCUT2D eigenvalue weighted by Crippen LogP contribution is 2.14. The maximum absolute atomic E-state index is 12.9. The Morgan fingerprint density at radius 1 is 0.304 bits per heavy atom. The standard InChI is InChI=1S/C63H104O6/c1-4-7-10-13-16-19-22-25-27-29-30-31-32-34-35-38-41-44-47-50-53-56-62(65)68-59-60(58-67-61(64)55-52-49-46-43-40-37-24-21-18-15-12-9-6-3)69-63(66)57-54-51-48-45-42-39-36-33-28-26-23-20-17-14-11-8-5-2/h7-8,10-12,15-17,19-21,24-28,30-31,60H,4-6,9,13-14,18,22-23,29,32-59H2,1-3H3/b10-7-,11-8-,15-12-,19-16-,20-17-,24-21-,27-25-,28-26-,31-30-. The molecule has 0 saturated carbocycles. The van der Waals surface area contributed by atoms with Crippen molar-refractivity contribution in [1.82, 2.24) is 0 Å². The molecule has 0 radical (unpaired) electrons. The van der Waals surface area contributed by atoms with E-state index in [0.717, 1.165) is 148 Å². The quantitative estimate of drug-likeness (QED) is 0.0262. The van der Waals surface area contributed by atoms with Gasteiger partial charge in [0.1, 0.15) is 13.2 Å². The Bertz CT molecular complexity index is 1420. The molecule has 0 heterocycles. The van der Waals surface area contributed by atoms with Gasteiger partial charge in [-0.15, -0.1) is 0 Å². The van der Waals surface area contributed by atoms with E-state index in [1.165, 1.54) is 64.2 Å². The topological polar surface area (TPSA) is 78.9 Å². The molecule has 6 heteroatoms. The zero-order chi connectivity index (χ0) is 50.0. The Hall–Kier alpha value is -3.93. The molecule has 6 nitrogen and oxygen atoms in total. The minimum Gasteiger partial charge on any atom is -0.462 e. The van der Waals surface area contributed by atoms with Crippen molar-refractivity contribution in [3.8, 4) is 0 Å². The summed E-state index contributed by atoms with van der Waals surface area (Å²) >= 11 is 0. The third kappa shape index (κ3) is 54.9. The molecular weight excluding hydrogens is 853 g/mol. The molecule has 0 aliphatic carbocycles. The number of allylic oxidation sites excluding steroid dienone is 18. The minimum atomic E-state index is -0.795. The number of rotatable bonds is 50. The normalized spacial score (nSPS) is 12.9. The number of esters is 3. The third-order valence-electron chi connectivity index (χ3n) is 11.7. The van der Waals surface area contributed by atoms with Crippen molar-refractivity contribution in [3.63, 3.8) is 0 Å². The van der Waals surface area contributed by atoms with Crippen LogP contribution in [0.3, 0.4) is 0 Å². The van der Waals surface area contributed by atoms with Gasteiger partial charge in [-0.1, -0.05) is 226 Å². The van der Waals surface area contributed by atoms with Crippen LogP contribution in [-0.2, 0) is 28.6 Å². The van der Waals surface area contributed by atoms with E-state index in [1.54, 1.807) is 0 Å². The van der Waals surface area contributed by atoms with Gasteiger partial charge in [0.25, 0.3) is 0 Å². The van der Waals surface area contributed by atoms with Crippen molar-refractivity contribution in [1.29, 1.82) is 0 Å². The molecule has 0 rings (SSSR count). The summed E-state index contributed by atoms with van der Waals surface area (Å²) in [6.45, 7) is 6.33. The lowest BCUT2D eigenvalue weighted by atomic mass is 10.1. The van der Waals surface area contributed by atoms with Gasteiger partial charge in [-0.2, -0.15) is 0 Å². The monoisotopic (exact) mass is 957 g/mol. The first-order valence-electron chi connectivity index (χ1n) is 28.4. The average molecular weight is 958 g/mol. The van der Waals surface area contributed by atoms with Crippen molar-refractivity contribution in [2.75, 3.05) is 13.2 Å². The van der Waals surface area contributed by atoms with Crippen LogP contribution in [0.5, 0.6) is 0 Å². The number of ether oxygens (including phenoxy) is 3. The smallest absolute Gasteiger partial charge is 0.306 e. The Kier molecular flexibility index (Phi) is 53.4. The molecule has 0 fully saturated rings. The number of carbonyl (C=O) groups excluding carboxylic acids is 3. The van der Waals surface area contributed by atoms with E-state index in [4.69, 9.17) is 14.2 Å². The Balaban J connectivity index is 4.41. The van der Waals surface area contributed by atoms with Crippen LogP contribution in [0.4, 0.5) is 0 Å². The molecule has 0 aliphatic heterocycles. The summed E-state index contributed by atoms with van der Waals surface area (Å²) in [6, 6.07) is 0. The number of unbranched alkanes of at least 4 members (excludes halogenated alkanes) is 21. The van der Waals surface area contributed by atoms with Crippen molar-refractivity contribution >= 4 is 17.9 Å². The Morgan fingerprint density at radius 2 is 0.565 bits per heavy atom. The van der Waals surface area contributed by atoms with Gasteiger partial charge in [0.05, 0.1) is 0 Å². The van der Waals surface area contributed by atoms with E-state index in [0.29, 0.717) is 19.3 Å². The minimum absolute atomic E-state index is 0.0925. The Labute approximate surface area is 425 Å². The molecule has 0 spiro atoms. The van der Waals surface area contributed by atoms with Crippen LogP contribution in [0.2, 0.25) is 0 Å². The predicted molar refractivity (Wildman–Crippen MR) is 297 cm³/mol. The van der Waals surface area contributed by atoms with Crippen molar-refractivity contribution < 1.29 is 28.6 Å². The molecule has 0 saturated heterocycles. The van der Waals surface area contributed by atoms with Gasteiger partial charge in [0, 0.05) is 19.3 Å². The molecule has 1 atom stereocenters. The van der Waals surface area contributed by atoms with Crippen molar-refractivity contribution in [2.45, 2.75) is 258 Å². The number of hydrogen-bond acceptors (Lipinski definition) is 6. The summed E-state index contributed by atoms with van der Waals surface area (Å²) in [5.41, 5.74) is 0. The summed E-state index contributed by atoms with van der Waals surface area (Å²) in [5.74, 6) is -0.924. The molecule has 0 aromatic heterocycles. The molecule has 0 bridgehead atoms. The second-order valence-electron chi connectivity index (χ2n) is 18.4. The summed E-state index contributed by atoms with van der Waals surface area (Å²) in [5, 5.41) is 0. The van der Waals surface area contributed by atoms with Gasteiger partial charge < -0.3 is 14.2 Å². The average Bonchev–Trinajstić information content (AvgIpc) is 3.35. The summed E-state index contributed by atoms with van der Waals surface area (Å²) in [4.78, 5) is 38.2. The highest BCUT2D eigenvalue weighted by molar-refractivity contribution is 5.71. The SMILES string of the molecule is CC/C=C\C/C=C\C/C=C\C/C=C\CCCCCCCCCCC(=O)OCC(COC(=O)CCCCCCC/C=C\C/C=C\CCC)OC(=O)CCCCCCCCC/C=C\C/C=C\C/C=C\CC. The first-order valence-corrected chi connectivity index (χ1v) is 28.4. The second kappa shape index (κ2) is 56.7. The first-order chi connectivity index (χ1) is 34.0. The largest absolute Gasteiger partial charge is 0.462 e. The van der Waals surface area contributed by atoms with E-state index < -0.39 is 6.10 Å². The fraction of sp³-hybridized carbons (Fsp3) is 0.667. The van der Waals surface area contributed by atoms with Crippen LogP contribution in [0.25, 0.3) is 0 Å². The van der Waals surface area contributed by atoms with Crippen molar-refractivity contribution in [3.05, 3.63) is 109 Å². The van der Waals surface area contributed by atoms with Crippen LogP contribution < -0.4 is 0 Å². The lowest BCUT2D eigenvalue weighted by Gasteiger charge is -2.18. The molecule has 0 aromatic rings. The van der Waals surface area contributed by atoms with Gasteiger partial charge in [-0.3, -0.25) is 14.4 Å². The van der Waals surface area contributed by atoms with E-state index >= 15 is 0 Å².